The van der Waals surface area contributed by atoms with Crippen LogP contribution in [0.2, 0.25) is 0 Å². The van der Waals surface area contributed by atoms with Crippen molar-refractivity contribution in [2.24, 2.45) is 10.9 Å². The summed E-state index contributed by atoms with van der Waals surface area (Å²) in [7, 11) is 0. The third kappa shape index (κ3) is 3.05. The van der Waals surface area contributed by atoms with E-state index in [2.05, 4.69) is 20.6 Å². The zero-order valence-corrected chi connectivity index (χ0v) is 9.58. The van der Waals surface area contributed by atoms with Gasteiger partial charge in [-0.1, -0.05) is 10.3 Å². The monoisotopic (exact) mass is 247 g/mol. The van der Waals surface area contributed by atoms with Crippen molar-refractivity contribution in [3.8, 4) is 0 Å². The van der Waals surface area contributed by atoms with Crippen molar-refractivity contribution in [3.63, 3.8) is 0 Å². The second kappa shape index (κ2) is 5.78. The summed E-state index contributed by atoms with van der Waals surface area (Å²) >= 11 is 0. The second-order valence-electron chi connectivity index (χ2n) is 3.62. The van der Waals surface area contributed by atoms with Gasteiger partial charge < -0.3 is 20.8 Å². The molecule has 0 saturated heterocycles. The van der Waals surface area contributed by atoms with Crippen LogP contribution in [0.15, 0.2) is 40.3 Å². The Morgan fingerprint density at radius 2 is 2.28 bits per heavy atom. The number of nitrogens with one attached hydrogen (secondary N) is 1. The number of oxime groups is 1. The molecule has 0 aliphatic heterocycles. The van der Waals surface area contributed by atoms with Gasteiger partial charge in [-0.2, -0.15) is 0 Å². The smallest absolute Gasteiger partial charge is 0.188 e. The molecule has 0 saturated carbocycles. The molecule has 0 bridgehead atoms. The van der Waals surface area contributed by atoms with E-state index in [0.29, 0.717) is 18.8 Å². The minimum Gasteiger partial charge on any atom is -0.409 e. The average molecular weight is 247 g/mol. The van der Waals surface area contributed by atoms with Gasteiger partial charge in [-0.3, -0.25) is 4.98 Å². The van der Waals surface area contributed by atoms with E-state index in [1.54, 1.807) is 24.5 Å². The molecule has 7 nitrogen and oxygen atoms in total. The van der Waals surface area contributed by atoms with E-state index < -0.39 is 0 Å². The van der Waals surface area contributed by atoms with Gasteiger partial charge in [0, 0.05) is 18.8 Å². The van der Waals surface area contributed by atoms with Crippen molar-refractivity contribution in [2.75, 3.05) is 0 Å². The molecule has 4 N–H and O–H groups in total. The van der Waals surface area contributed by atoms with Crippen LogP contribution in [-0.2, 0) is 13.1 Å². The average Bonchev–Trinajstić information content (AvgIpc) is 2.91. The Hall–Kier alpha value is -2.41. The second-order valence-corrected chi connectivity index (χ2v) is 3.62. The van der Waals surface area contributed by atoms with Crippen LogP contribution in [-0.4, -0.2) is 21.2 Å². The van der Waals surface area contributed by atoms with E-state index >= 15 is 0 Å². The topological polar surface area (TPSA) is 110 Å². The Balaban J connectivity index is 1.93. The predicted octanol–water partition coefficient (Wildman–Crippen LogP) is 0.454. The Morgan fingerprint density at radius 1 is 1.39 bits per heavy atom. The summed E-state index contributed by atoms with van der Waals surface area (Å²) in [5.41, 5.74) is 6.88. The molecule has 0 fully saturated rings. The summed E-state index contributed by atoms with van der Waals surface area (Å²) in [6.07, 6.45) is 3.21. The maximum absolute atomic E-state index is 8.57. The van der Waals surface area contributed by atoms with Crippen LogP contribution >= 0.6 is 0 Å². The summed E-state index contributed by atoms with van der Waals surface area (Å²) in [5.74, 6) is 0.757. The highest BCUT2D eigenvalue weighted by Crippen LogP contribution is 2.02. The normalized spacial score (nSPS) is 11.7. The lowest BCUT2D eigenvalue weighted by Gasteiger charge is -2.04. The number of hydrogen-bond acceptors (Lipinski definition) is 6. The van der Waals surface area contributed by atoms with Crippen molar-refractivity contribution in [1.82, 2.24) is 15.5 Å². The lowest BCUT2D eigenvalue weighted by atomic mass is 10.2. The molecule has 94 valence electrons. The van der Waals surface area contributed by atoms with Crippen molar-refractivity contribution in [1.29, 1.82) is 0 Å². The van der Waals surface area contributed by atoms with Gasteiger partial charge >= 0.3 is 0 Å². The van der Waals surface area contributed by atoms with Gasteiger partial charge in [0.15, 0.2) is 5.84 Å². The molecule has 0 radical (unpaired) electrons. The molecule has 2 aromatic heterocycles. The Morgan fingerprint density at radius 3 is 3.00 bits per heavy atom. The fourth-order valence-electron chi connectivity index (χ4n) is 1.44. The Labute approximate surface area is 103 Å². The first kappa shape index (κ1) is 12.1. The van der Waals surface area contributed by atoms with E-state index in [0.717, 1.165) is 11.3 Å². The summed E-state index contributed by atoms with van der Waals surface area (Å²) < 4.78 is 4.95. The van der Waals surface area contributed by atoms with Crippen molar-refractivity contribution >= 4 is 5.84 Å². The molecule has 2 heterocycles. The van der Waals surface area contributed by atoms with Crippen molar-refractivity contribution in [3.05, 3.63) is 47.6 Å². The fraction of sp³-hybridized carbons (Fsp3) is 0.182. The van der Waals surface area contributed by atoms with E-state index in [-0.39, 0.29) is 5.84 Å². The van der Waals surface area contributed by atoms with Crippen LogP contribution < -0.4 is 11.1 Å². The van der Waals surface area contributed by atoms with E-state index in [1.807, 2.05) is 6.07 Å². The molecule has 18 heavy (non-hydrogen) atoms. The number of nitrogens with two attached hydrogens (primary N) is 1. The van der Waals surface area contributed by atoms with Crippen LogP contribution in [0.4, 0.5) is 0 Å². The van der Waals surface area contributed by atoms with E-state index in [9.17, 15) is 0 Å². The number of nitrogens with zero attached hydrogens (tertiary/aromatic N) is 3. The first-order valence-electron chi connectivity index (χ1n) is 5.32. The van der Waals surface area contributed by atoms with Gasteiger partial charge in [0.1, 0.15) is 11.5 Å². The number of rotatable bonds is 5. The lowest BCUT2D eigenvalue weighted by molar-refractivity contribution is 0.318. The molecular formula is C11H13N5O2. The summed E-state index contributed by atoms with van der Waals surface area (Å²) in [6, 6.07) is 5.39. The van der Waals surface area contributed by atoms with Gasteiger partial charge in [0.25, 0.3) is 0 Å². The minimum atomic E-state index is -0.00733. The van der Waals surface area contributed by atoms with E-state index in [1.165, 1.54) is 0 Å². The number of aromatic nitrogens is 2. The van der Waals surface area contributed by atoms with Crippen LogP contribution in [0.3, 0.4) is 0 Å². The van der Waals surface area contributed by atoms with Crippen molar-refractivity contribution in [2.45, 2.75) is 13.1 Å². The molecule has 0 spiro atoms. The van der Waals surface area contributed by atoms with Crippen molar-refractivity contribution < 1.29 is 9.73 Å². The van der Waals surface area contributed by atoms with Gasteiger partial charge in [-0.25, -0.2) is 0 Å². The maximum Gasteiger partial charge on any atom is 0.188 e. The summed E-state index contributed by atoms with van der Waals surface area (Å²) in [4.78, 5) is 4.00. The molecular weight excluding hydrogens is 234 g/mol. The maximum atomic E-state index is 8.57. The minimum absolute atomic E-state index is 0.00733. The molecule has 0 aliphatic carbocycles. The molecule has 7 heteroatoms. The summed E-state index contributed by atoms with van der Waals surface area (Å²) in [5, 5.41) is 18.3. The highest BCUT2D eigenvalue weighted by atomic mass is 16.5. The highest BCUT2D eigenvalue weighted by Gasteiger charge is 2.02. The van der Waals surface area contributed by atoms with Crippen LogP contribution in [0, 0.1) is 0 Å². The first-order chi connectivity index (χ1) is 8.79. The predicted molar refractivity (Wildman–Crippen MR) is 63.8 cm³/mol. The fourth-order valence-corrected chi connectivity index (χ4v) is 1.44. The lowest BCUT2D eigenvalue weighted by Crippen LogP contribution is -2.17. The molecule has 0 aliphatic rings. The molecule has 0 unspecified atom stereocenters. The molecule has 0 amide bonds. The van der Waals surface area contributed by atoms with E-state index in [4.69, 9.17) is 15.5 Å². The molecule has 2 aromatic rings. The zero-order valence-electron chi connectivity index (χ0n) is 9.58. The molecule has 0 atom stereocenters. The molecule has 0 aromatic carbocycles. The zero-order chi connectivity index (χ0) is 12.8. The molecule has 2 rings (SSSR count). The SMILES string of the molecule is N/C(=N/O)c1cc(CNCc2ccno2)ccn1. The number of pyridine rings is 1. The van der Waals surface area contributed by atoms with Crippen LogP contribution in [0.5, 0.6) is 0 Å². The largest absolute Gasteiger partial charge is 0.409 e. The van der Waals surface area contributed by atoms with Gasteiger partial charge in [-0.15, -0.1) is 0 Å². The third-order valence-electron chi connectivity index (χ3n) is 2.31. The number of hydrogen-bond donors (Lipinski definition) is 3. The van der Waals surface area contributed by atoms with Crippen LogP contribution in [0.1, 0.15) is 17.0 Å². The van der Waals surface area contributed by atoms with Gasteiger partial charge in [-0.05, 0) is 17.7 Å². The third-order valence-corrected chi connectivity index (χ3v) is 2.31. The summed E-state index contributed by atoms with van der Waals surface area (Å²) in [6.45, 7) is 1.20. The quantitative estimate of drug-likeness (QED) is 0.306. The van der Waals surface area contributed by atoms with Gasteiger partial charge in [0.2, 0.25) is 0 Å². The first-order valence-corrected chi connectivity index (χ1v) is 5.32. The van der Waals surface area contributed by atoms with Crippen LogP contribution in [0.25, 0.3) is 0 Å². The Kier molecular flexibility index (Phi) is 3.87. The standard InChI is InChI=1S/C11H13N5O2/c12-11(16-17)10-5-8(1-3-14-10)6-13-7-9-2-4-15-18-9/h1-5,13,17H,6-7H2,(H2,12,16). The highest BCUT2D eigenvalue weighted by molar-refractivity contribution is 5.95. The number of amidine groups is 1. The van der Waals surface area contributed by atoms with Gasteiger partial charge in [0.05, 0.1) is 12.7 Å². The Bertz CT molecular complexity index is 524.